The average Bonchev–Trinajstić information content (AvgIpc) is 3.21. The number of ether oxygens (including phenoxy) is 1. The van der Waals surface area contributed by atoms with Crippen LogP contribution in [0.2, 0.25) is 0 Å². The first-order valence-corrected chi connectivity index (χ1v) is 12.0. The zero-order chi connectivity index (χ0) is 27.5. The van der Waals surface area contributed by atoms with E-state index in [-0.39, 0.29) is 30.3 Å². The quantitative estimate of drug-likeness (QED) is 0.382. The van der Waals surface area contributed by atoms with Crippen LogP contribution in [0.25, 0.3) is 5.69 Å². The Hall–Kier alpha value is -3.72. The Morgan fingerprint density at radius 3 is 2.38 bits per heavy atom. The summed E-state index contributed by atoms with van der Waals surface area (Å²) in [6.07, 6.45) is -0.332. The molecular weight excluding hydrogens is 477 g/mol. The predicted octanol–water partition coefficient (Wildman–Crippen LogP) is 4.75. The van der Waals surface area contributed by atoms with E-state index in [4.69, 9.17) is 4.74 Å². The van der Waals surface area contributed by atoms with Crippen LogP contribution in [0, 0.1) is 25.1 Å². The van der Waals surface area contributed by atoms with Crippen LogP contribution in [0.5, 0.6) is 5.88 Å². The van der Waals surface area contributed by atoms with E-state index < -0.39 is 34.8 Å². The van der Waals surface area contributed by atoms with E-state index >= 15 is 0 Å². The summed E-state index contributed by atoms with van der Waals surface area (Å²) in [4.78, 5) is 24.8. The SMILES string of the molecule is Cc1ccc(C(CC(=O)O)NC(=O)c2cc(OCC(C)(O)C(C)(C)C)n(-c3ccccc3F)n2)c(C)c1. The number of aromatic nitrogens is 2. The summed E-state index contributed by atoms with van der Waals surface area (Å²) in [5, 5.41) is 27.3. The van der Waals surface area contributed by atoms with Crippen LogP contribution >= 0.6 is 0 Å². The molecule has 3 rings (SSSR count). The lowest BCUT2D eigenvalue weighted by atomic mass is 9.78. The van der Waals surface area contributed by atoms with E-state index in [1.807, 2.05) is 46.8 Å². The van der Waals surface area contributed by atoms with Gasteiger partial charge in [0, 0.05) is 6.07 Å². The number of aryl methyl sites for hydroxylation is 2. The van der Waals surface area contributed by atoms with E-state index in [1.165, 1.54) is 24.3 Å². The van der Waals surface area contributed by atoms with Crippen LogP contribution in [-0.4, -0.2) is 44.1 Å². The van der Waals surface area contributed by atoms with Crippen molar-refractivity contribution in [2.45, 2.75) is 59.6 Å². The van der Waals surface area contributed by atoms with Crippen LogP contribution in [-0.2, 0) is 4.79 Å². The molecule has 0 aliphatic carbocycles. The minimum absolute atomic E-state index is 0.0566. The maximum Gasteiger partial charge on any atom is 0.305 e. The van der Waals surface area contributed by atoms with Gasteiger partial charge in [-0.3, -0.25) is 9.59 Å². The van der Waals surface area contributed by atoms with Crippen LogP contribution in [0.4, 0.5) is 4.39 Å². The van der Waals surface area contributed by atoms with Gasteiger partial charge in [0.05, 0.1) is 12.5 Å². The molecule has 0 radical (unpaired) electrons. The van der Waals surface area contributed by atoms with Crippen molar-refractivity contribution >= 4 is 11.9 Å². The lowest BCUT2D eigenvalue weighted by molar-refractivity contribution is -0.137. The molecule has 3 N–H and O–H groups in total. The summed E-state index contributed by atoms with van der Waals surface area (Å²) in [5.74, 6) is -2.24. The van der Waals surface area contributed by atoms with Crippen molar-refractivity contribution in [1.29, 1.82) is 0 Å². The molecule has 0 aliphatic heterocycles. The summed E-state index contributed by atoms with van der Waals surface area (Å²) in [7, 11) is 0. The van der Waals surface area contributed by atoms with E-state index in [9.17, 15) is 24.2 Å². The Bertz CT molecular complexity index is 1290. The fraction of sp³-hybridized carbons (Fsp3) is 0.393. The maximum absolute atomic E-state index is 14.6. The number of hydrogen-bond acceptors (Lipinski definition) is 5. The largest absolute Gasteiger partial charge is 0.481 e. The fourth-order valence-corrected chi connectivity index (χ4v) is 3.67. The first kappa shape index (κ1) is 27.9. The molecular formula is C28H34FN3O5. The molecule has 9 heteroatoms. The molecule has 0 bridgehead atoms. The van der Waals surface area contributed by atoms with Crippen molar-refractivity contribution in [1.82, 2.24) is 15.1 Å². The number of rotatable bonds is 9. The average molecular weight is 512 g/mol. The Morgan fingerprint density at radius 1 is 1.11 bits per heavy atom. The van der Waals surface area contributed by atoms with Crippen LogP contribution in [0.3, 0.4) is 0 Å². The second-order valence-electron chi connectivity index (χ2n) is 10.5. The fourth-order valence-electron chi connectivity index (χ4n) is 3.67. The minimum atomic E-state index is -1.24. The number of carboxylic acids is 1. The van der Waals surface area contributed by atoms with Crippen molar-refractivity contribution in [3.05, 3.63) is 76.7 Å². The van der Waals surface area contributed by atoms with Gasteiger partial charge in [0.15, 0.2) is 5.69 Å². The number of hydrogen-bond donors (Lipinski definition) is 3. The Morgan fingerprint density at radius 2 is 1.78 bits per heavy atom. The third-order valence-electron chi connectivity index (χ3n) is 6.59. The zero-order valence-corrected chi connectivity index (χ0v) is 22.0. The smallest absolute Gasteiger partial charge is 0.305 e. The van der Waals surface area contributed by atoms with Gasteiger partial charge in [-0.25, -0.2) is 4.39 Å². The molecule has 8 nitrogen and oxygen atoms in total. The molecule has 3 aromatic rings. The number of halogens is 1. The second kappa shape index (κ2) is 10.7. The molecule has 0 saturated heterocycles. The summed E-state index contributed by atoms with van der Waals surface area (Å²) in [6, 6.07) is 12.0. The Kier molecular flexibility index (Phi) is 8.07. The number of nitrogens with one attached hydrogen (secondary N) is 1. The van der Waals surface area contributed by atoms with E-state index in [0.717, 1.165) is 15.8 Å². The number of aliphatic carboxylic acids is 1. The molecule has 0 fully saturated rings. The molecule has 2 unspecified atom stereocenters. The van der Waals surface area contributed by atoms with E-state index in [2.05, 4.69) is 10.4 Å². The van der Waals surface area contributed by atoms with Gasteiger partial charge in [-0.05, 0) is 49.4 Å². The maximum atomic E-state index is 14.6. The van der Waals surface area contributed by atoms with E-state index in [0.29, 0.717) is 5.56 Å². The van der Waals surface area contributed by atoms with Crippen molar-refractivity contribution in [2.24, 2.45) is 5.41 Å². The highest BCUT2D eigenvalue weighted by Crippen LogP contribution is 2.31. The molecule has 198 valence electrons. The van der Waals surface area contributed by atoms with Gasteiger partial charge in [0.2, 0.25) is 5.88 Å². The molecule has 0 spiro atoms. The molecule has 0 saturated carbocycles. The Balaban J connectivity index is 1.97. The van der Waals surface area contributed by atoms with Gasteiger partial charge in [0.25, 0.3) is 5.91 Å². The molecule has 0 aliphatic rings. The van der Waals surface area contributed by atoms with Gasteiger partial charge in [-0.1, -0.05) is 56.7 Å². The third-order valence-corrected chi connectivity index (χ3v) is 6.59. The van der Waals surface area contributed by atoms with Gasteiger partial charge in [-0.15, -0.1) is 0 Å². The minimum Gasteiger partial charge on any atom is -0.481 e. The first-order chi connectivity index (χ1) is 17.2. The number of aliphatic hydroxyl groups is 1. The van der Waals surface area contributed by atoms with Gasteiger partial charge in [-0.2, -0.15) is 9.78 Å². The standard InChI is InChI=1S/C28H34FN3O5/c1-17-11-12-19(18(2)13-17)21(15-25(33)34)30-26(35)22-14-24(37-16-28(6,36)27(3,4)5)32(31-22)23-10-8-7-9-20(23)29/h7-14,21,36H,15-16H2,1-6H3,(H,30,35)(H,33,34). The molecule has 1 aromatic heterocycles. The summed E-state index contributed by atoms with van der Waals surface area (Å²) >= 11 is 0. The summed E-state index contributed by atoms with van der Waals surface area (Å²) < 4.78 is 21.7. The van der Waals surface area contributed by atoms with E-state index in [1.54, 1.807) is 19.1 Å². The molecule has 2 aromatic carbocycles. The number of benzene rings is 2. The van der Waals surface area contributed by atoms with Gasteiger partial charge in [0.1, 0.15) is 23.7 Å². The lowest BCUT2D eigenvalue weighted by Gasteiger charge is -2.36. The number of carbonyl (C=O) groups excluding carboxylic acids is 1. The van der Waals surface area contributed by atoms with Crippen LogP contribution in [0.15, 0.2) is 48.5 Å². The van der Waals surface area contributed by atoms with Crippen LogP contribution in [0.1, 0.15) is 67.3 Å². The number of amides is 1. The molecule has 1 amide bonds. The highest BCUT2D eigenvalue weighted by atomic mass is 19.1. The molecule has 2 atom stereocenters. The highest BCUT2D eigenvalue weighted by Gasteiger charge is 2.36. The normalized spacial score (nSPS) is 14.1. The zero-order valence-electron chi connectivity index (χ0n) is 22.0. The topological polar surface area (TPSA) is 114 Å². The summed E-state index contributed by atoms with van der Waals surface area (Å²) in [6.45, 7) is 10.8. The Labute approximate surface area is 216 Å². The summed E-state index contributed by atoms with van der Waals surface area (Å²) in [5.41, 5.74) is 0.737. The highest BCUT2D eigenvalue weighted by molar-refractivity contribution is 5.93. The second-order valence-corrected chi connectivity index (χ2v) is 10.5. The number of para-hydroxylation sites is 1. The van der Waals surface area contributed by atoms with Gasteiger partial charge < -0.3 is 20.3 Å². The van der Waals surface area contributed by atoms with Gasteiger partial charge >= 0.3 is 5.97 Å². The van der Waals surface area contributed by atoms with Crippen molar-refractivity contribution in [3.8, 4) is 11.6 Å². The third kappa shape index (κ3) is 6.54. The number of carbonyl (C=O) groups is 2. The number of carboxylic acid groups (broad SMARTS) is 1. The van der Waals surface area contributed by atoms with Crippen molar-refractivity contribution in [3.63, 3.8) is 0 Å². The predicted molar refractivity (Wildman–Crippen MR) is 137 cm³/mol. The first-order valence-electron chi connectivity index (χ1n) is 12.0. The molecule has 37 heavy (non-hydrogen) atoms. The monoisotopic (exact) mass is 511 g/mol. The lowest BCUT2D eigenvalue weighted by Crippen LogP contribution is -2.45. The van der Waals surface area contributed by atoms with Crippen molar-refractivity contribution in [2.75, 3.05) is 6.61 Å². The molecule has 1 heterocycles. The number of nitrogens with zero attached hydrogens (tertiary/aromatic N) is 2. The van der Waals surface area contributed by atoms with Crippen LogP contribution < -0.4 is 10.1 Å². The van der Waals surface area contributed by atoms with Crippen molar-refractivity contribution < 1.29 is 28.9 Å².